The van der Waals surface area contributed by atoms with Crippen molar-refractivity contribution >= 4 is 11.9 Å². The fraction of sp³-hybridized carbons (Fsp3) is 0.778. The Labute approximate surface area is 82.6 Å². The summed E-state index contributed by atoms with van der Waals surface area (Å²) in [5.74, 6) is -0.140. The van der Waals surface area contributed by atoms with Gasteiger partial charge in [-0.1, -0.05) is 0 Å². The molecule has 1 saturated heterocycles. The van der Waals surface area contributed by atoms with Crippen LogP contribution in [0.5, 0.6) is 0 Å². The Bertz CT molecular complexity index is 286. The van der Waals surface area contributed by atoms with Crippen LogP contribution in [0.15, 0.2) is 0 Å². The Hall–Kier alpha value is -1.10. The van der Waals surface area contributed by atoms with Crippen molar-refractivity contribution in [2.75, 3.05) is 7.05 Å². The molecule has 0 radical (unpaired) electrons. The van der Waals surface area contributed by atoms with Crippen molar-refractivity contribution in [3.05, 3.63) is 0 Å². The number of amides is 3. The van der Waals surface area contributed by atoms with Gasteiger partial charge in [-0.3, -0.25) is 9.69 Å². The first kappa shape index (κ1) is 9.45. The van der Waals surface area contributed by atoms with Crippen LogP contribution in [0.3, 0.4) is 0 Å². The van der Waals surface area contributed by atoms with Crippen LogP contribution in [0.1, 0.15) is 25.7 Å². The first-order valence-electron chi connectivity index (χ1n) is 4.89. The monoisotopic (exact) mass is 197 g/mol. The van der Waals surface area contributed by atoms with Gasteiger partial charge >= 0.3 is 6.03 Å². The molecule has 0 bridgehead atoms. The molecule has 2 aliphatic rings. The second-order valence-corrected chi connectivity index (χ2v) is 4.30. The van der Waals surface area contributed by atoms with Crippen LogP contribution in [0, 0.1) is 0 Å². The van der Waals surface area contributed by atoms with Crippen LogP contribution in [0.4, 0.5) is 4.79 Å². The lowest BCUT2D eigenvalue weighted by Crippen LogP contribution is -2.32. The summed E-state index contributed by atoms with van der Waals surface area (Å²) in [6.07, 6.45) is 3.55. The Morgan fingerprint density at radius 2 is 2.21 bits per heavy atom. The lowest BCUT2D eigenvalue weighted by molar-refractivity contribution is -0.126. The van der Waals surface area contributed by atoms with Crippen molar-refractivity contribution in [3.63, 3.8) is 0 Å². The molecular weight excluding hydrogens is 182 g/mol. The number of nitrogens with one attached hydrogen (secondary N) is 1. The van der Waals surface area contributed by atoms with E-state index in [-0.39, 0.29) is 23.5 Å². The second kappa shape index (κ2) is 2.95. The molecule has 78 valence electrons. The largest absolute Gasteiger partial charge is 0.326 e. The number of rotatable bonds is 3. The van der Waals surface area contributed by atoms with Gasteiger partial charge in [0.1, 0.15) is 6.04 Å². The number of carbonyl (C=O) groups excluding carboxylic acids is 2. The third-order valence-electron chi connectivity index (χ3n) is 3.05. The van der Waals surface area contributed by atoms with E-state index in [1.165, 1.54) is 7.05 Å². The van der Waals surface area contributed by atoms with E-state index in [0.717, 1.165) is 24.2 Å². The number of hydrogen-bond acceptors (Lipinski definition) is 3. The number of urea groups is 1. The number of likely N-dealkylation sites (N-methyl/N-ethyl adjacent to an activating group) is 1. The fourth-order valence-electron chi connectivity index (χ4n) is 1.68. The van der Waals surface area contributed by atoms with E-state index in [2.05, 4.69) is 5.32 Å². The average Bonchev–Trinajstić information content (AvgIpc) is 2.83. The maximum atomic E-state index is 11.5. The van der Waals surface area contributed by atoms with Crippen molar-refractivity contribution in [3.8, 4) is 0 Å². The van der Waals surface area contributed by atoms with Crippen molar-refractivity contribution in [2.24, 2.45) is 5.73 Å². The van der Waals surface area contributed by atoms with Gasteiger partial charge in [-0.25, -0.2) is 4.79 Å². The highest BCUT2D eigenvalue weighted by Gasteiger charge is 2.41. The molecule has 14 heavy (non-hydrogen) atoms. The van der Waals surface area contributed by atoms with E-state index in [4.69, 9.17) is 5.73 Å². The summed E-state index contributed by atoms with van der Waals surface area (Å²) >= 11 is 0. The molecule has 1 saturated carbocycles. The zero-order valence-electron chi connectivity index (χ0n) is 8.25. The van der Waals surface area contributed by atoms with Crippen molar-refractivity contribution in [1.82, 2.24) is 10.2 Å². The molecule has 0 spiro atoms. The molecule has 1 heterocycles. The van der Waals surface area contributed by atoms with Gasteiger partial charge in [0.15, 0.2) is 0 Å². The van der Waals surface area contributed by atoms with E-state index >= 15 is 0 Å². The highest BCUT2D eigenvalue weighted by atomic mass is 16.2. The Balaban J connectivity index is 1.87. The predicted octanol–water partition coefficient (Wildman–Crippen LogP) is -0.192. The van der Waals surface area contributed by atoms with E-state index in [1.807, 2.05) is 0 Å². The summed E-state index contributed by atoms with van der Waals surface area (Å²) in [6.45, 7) is 0. The highest BCUT2D eigenvalue weighted by molar-refractivity contribution is 6.03. The van der Waals surface area contributed by atoms with Gasteiger partial charge in [0.2, 0.25) is 0 Å². The molecule has 0 aromatic carbocycles. The summed E-state index contributed by atoms with van der Waals surface area (Å²) in [5, 5.41) is 2.64. The molecule has 1 aliphatic carbocycles. The molecule has 1 aliphatic heterocycles. The first-order valence-corrected chi connectivity index (χ1v) is 4.89. The van der Waals surface area contributed by atoms with Crippen LogP contribution < -0.4 is 11.1 Å². The normalized spacial score (nSPS) is 29.3. The summed E-state index contributed by atoms with van der Waals surface area (Å²) in [5.41, 5.74) is 5.85. The Morgan fingerprint density at radius 3 is 2.64 bits per heavy atom. The van der Waals surface area contributed by atoms with Gasteiger partial charge in [0, 0.05) is 12.6 Å². The highest BCUT2D eigenvalue weighted by Crippen LogP contribution is 2.37. The summed E-state index contributed by atoms with van der Waals surface area (Å²) < 4.78 is 0. The minimum absolute atomic E-state index is 0.0494. The average molecular weight is 197 g/mol. The fourth-order valence-corrected chi connectivity index (χ4v) is 1.68. The first-order chi connectivity index (χ1) is 6.52. The quantitative estimate of drug-likeness (QED) is 0.616. The summed E-state index contributed by atoms with van der Waals surface area (Å²) in [7, 11) is 1.49. The summed E-state index contributed by atoms with van der Waals surface area (Å²) in [4.78, 5) is 23.7. The number of carbonyl (C=O) groups is 2. The third-order valence-corrected chi connectivity index (χ3v) is 3.05. The molecule has 5 nitrogen and oxygen atoms in total. The van der Waals surface area contributed by atoms with E-state index < -0.39 is 0 Å². The van der Waals surface area contributed by atoms with Crippen LogP contribution in [0.25, 0.3) is 0 Å². The minimum atomic E-state index is -0.353. The van der Waals surface area contributed by atoms with Gasteiger partial charge in [-0.15, -0.1) is 0 Å². The van der Waals surface area contributed by atoms with Crippen LogP contribution >= 0.6 is 0 Å². The predicted molar refractivity (Wildman–Crippen MR) is 50.5 cm³/mol. The number of nitrogens with two attached hydrogens (primary N) is 1. The van der Waals surface area contributed by atoms with E-state index in [0.29, 0.717) is 6.42 Å². The molecule has 3 N–H and O–H groups in total. The molecular formula is C9H15N3O2. The lowest BCUT2D eigenvalue weighted by Gasteiger charge is -2.11. The molecule has 2 fully saturated rings. The maximum absolute atomic E-state index is 11.5. The van der Waals surface area contributed by atoms with Gasteiger partial charge in [-0.2, -0.15) is 0 Å². The molecule has 1 atom stereocenters. The lowest BCUT2D eigenvalue weighted by atomic mass is 10.1. The topological polar surface area (TPSA) is 75.4 Å². The molecule has 1 unspecified atom stereocenters. The molecule has 5 heteroatoms. The SMILES string of the molecule is CN1C(=O)NC(CCC2(N)CC2)C1=O. The van der Waals surface area contributed by atoms with Crippen LogP contribution in [-0.2, 0) is 4.79 Å². The van der Waals surface area contributed by atoms with E-state index in [1.54, 1.807) is 0 Å². The zero-order valence-corrected chi connectivity index (χ0v) is 8.25. The molecule has 2 rings (SSSR count). The van der Waals surface area contributed by atoms with Crippen molar-refractivity contribution < 1.29 is 9.59 Å². The number of hydrogen-bond donors (Lipinski definition) is 2. The summed E-state index contributed by atoms with van der Waals surface area (Å²) in [6, 6.07) is -0.657. The van der Waals surface area contributed by atoms with Crippen molar-refractivity contribution in [1.29, 1.82) is 0 Å². The number of imide groups is 1. The molecule has 0 aromatic heterocycles. The second-order valence-electron chi connectivity index (χ2n) is 4.30. The third kappa shape index (κ3) is 1.59. The molecule has 3 amide bonds. The van der Waals surface area contributed by atoms with Gasteiger partial charge in [0.05, 0.1) is 0 Å². The number of nitrogens with zero attached hydrogens (tertiary/aromatic N) is 1. The minimum Gasteiger partial charge on any atom is -0.326 e. The van der Waals surface area contributed by atoms with Gasteiger partial charge < -0.3 is 11.1 Å². The van der Waals surface area contributed by atoms with Crippen LogP contribution in [0.2, 0.25) is 0 Å². The van der Waals surface area contributed by atoms with Gasteiger partial charge in [-0.05, 0) is 25.7 Å². The van der Waals surface area contributed by atoms with Gasteiger partial charge in [0.25, 0.3) is 5.91 Å². The Morgan fingerprint density at radius 1 is 1.57 bits per heavy atom. The maximum Gasteiger partial charge on any atom is 0.324 e. The molecule has 0 aromatic rings. The zero-order chi connectivity index (χ0) is 10.3. The van der Waals surface area contributed by atoms with Crippen molar-refractivity contribution in [2.45, 2.75) is 37.3 Å². The Kier molecular flexibility index (Phi) is 1.99. The smallest absolute Gasteiger partial charge is 0.324 e. The standard InChI is InChI=1S/C9H15N3O2/c1-12-7(13)6(11-8(12)14)2-3-9(10)4-5-9/h6H,2-5,10H2,1H3,(H,11,14). The van der Waals surface area contributed by atoms with E-state index in [9.17, 15) is 9.59 Å². The van der Waals surface area contributed by atoms with Crippen LogP contribution in [-0.4, -0.2) is 35.5 Å².